The van der Waals surface area contributed by atoms with Crippen LogP contribution in [0.2, 0.25) is 0 Å². The molecular weight excluding hydrogens is 435 g/mol. The lowest BCUT2D eigenvalue weighted by atomic mass is 10.2. The molecule has 11 heteroatoms. The smallest absolute Gasteiger partial charge is 0.235 e. The second-order valence-electron chi connectivity index (χ2n) is 7.48. The van der Waals surface area contributed by atoms with Gasteiger partial charge in [0.25, 0.3) is 0 Å². The number of hydrogen-bond acceptors (Lipinski definition) is 9. The third kappa shape index (κ3) is 4.54. The van der Waals surface area contributed by atoms with Crippen molar-refractivity contribution in [2.75, 3.05) is 32.2 Å². The number of anilines is 1. The molecule has 1 aliphatic heterocycles. The summed E-state index contributed by atoms with van der Waals surface area (Å²) >= 11 is 1.42. The Morgan fingerprint density at radius 3 is 2.78 bits per heavy atom. The summed E-state index contributed by atoms with van der Waals surface area (Å²) in [5.41, 5.74) is 1.53. The lowest BCUT2D eigenvalue weighted by molar-refractivity contribution is 0.0972. The van der Waals surface area contributed by atoms with Crippen molar-refractivity contribution < 1.29 is 18.6 Å². The standard InChI is InChI=1S/C21H25FN6O3S/c1-12-8-23-19(24-9-12)18(30-4)13(2)32-27-21-26-25-20-16-7-14(22)5-6-17(16)31-11-15(10-29-3)28(20)21/h5-9,13,15,18H,10-11H2,1-4H3,(H,26,27). The molecule has 1 aliphatic rings. The maximum absolute atomic E-state index is 14.0. The lowest BCUT2D eigenvalue weighted by Crippen LogP contribution is -2.23. The second-order valence-corrected chi connectivity index (χ2v) is 8.66. The van der Waals surface area contributed by atoms with Gasteiger partial charge in [0, 0.05) is 26.6 Å². The molecule has 4 rings (SSSR count). The molecule has 3 atom stereocenters. The fourth-order valence-electron chi connectivity index (χ4n) is 3.53. The highest BCUT2D eigenvalue weighted by Crippen LogP contribution is 2.37. The van der Waals surface area contributed by atoms with Crippen molar-refractivity contribution in [3.8, 4) is 17.1 Å². The molecule has 1 aromatic carbocycles. The van der Waals surface area contributed by atoms with E-state index in [2.05, 4.69) is 24.9 Å². The molecular formula is C21H25FN6O3S. The largest absolute Gasteiger partial charge is 0.491 e. The highest BCUT2D eigenvalue weighted by Gasteiger charge is 2.29. The molecule has 170 valence electrons. The molecule has 3 unspecified atom stereocenters. The summed E-state index contributed by atoms with van der Waals surface area (Å²) in [7, 11) is 3.25. The Kier molecular flexibility index (Phi) is 6.87. The van der Waals surface area contributed by atoms with Crippen molar-refractivity contribution in [1.29, 1.82) is 0 Å². The van der Waals surface area contributed by atoms with E-state index in [4.69, 9.17) is 14.2 Å². The van der Waals surface area contributed by atoms with E-state index in [1.165, 1.54) is 24.1 Å². The highest BCUT2D eigenvalue weighted by molar-refractivity contribution is 8.01. The number of methoxy groups -OCH3 is 2. The van der Waals surface area contributed by atoms with Gasteiger partial charge in [-0.15, -0.1) is 10.2 Å². The van der Waals surface area contributed by atoms with Crippen LogP contribution >= 0.6 is 11.9 Å². The van der Waals surface area contributed by atoms with Gasteiger partial charge in [0.05, 0.1) is 23.5 Å². The fourth-order valence-corrected chi connectivity index (χ4v) is 4.32. The molecule has 0 saturated carbocycles. The monoisotopic (exact) mass is 460 g/mol. The number of nitrogens with zero attached hydrogens (tertiary/aromatic N) is 5. The number of ether oxygens (including phenoxy) is 3. The van der Waals surface area contributed by atoms with Crippen LogP contribution in [0.1, 0.15) is 30.5 Å². The first-order valence-electron chi connectivity index (χ1n) is 10.1. The Morgan fingerprint density at radius 2 is 2.06 bits per heavy atom. The summed E-state index contributed by atoms with van der Waals surface area (Å²) in [5.74, 6) is 1.82. The van der Waals surface area contributed by atoms with E-state index in [0.29, 0.717) is 42.1 Å². The van der Waals surface area contributed by atoms with Crippen LogP contribution < -0.4 is 9.46 Å². The summed E-state index contributed by atoms with van der Waals surface area (Å²) in [6, 6.07) is 4.18. The van der Waals surface area contributed by atoms with Crippen LogP contribution in [-0.2, 0) is 9.47 Å². The van der Waals surface area contributed by atoms with Crippen LogP contribution in [0.15, 0.2) is 30.6 Å². The minimum absolute atomic E-state index is 0.0525. The van der Waals surface area contributed by atoms with Gasteiger partial charge < -0.3 is 14.2 Å². The molecule has 2 aromatic heterocycles. The van der Waals surface area contributed by atoms with Gasteiger partial charge in [-0.05, 0) is 49.6 Å². The number of aromatic nitrogens is 5. The van der Waals surface area contributed by atoms with Crippen molar-refractivity contribution in [3.63, 3.8) is 0 Å². The van der Waals surface area contributed by atoms with Gasteiger partial charge in [-0.1, -0.05) is 0 Å². The van der Waals surface area contributed by atoms with Crippen molar-refractivity contribution in [1.82, 2.24) is 24.7 Å². The van der Waals surface area contributed by atoms with Crippen molar-refractivity contribution in [2.24, 2.45) is 0 Å². The normalized spacial score (nSPS) is 17.0. The second kappa shape index (κ2) is 9.80. The van der Waals surface area contributed by atoms with E-state index in [-0.39, 0.29) is 23.2 Å². The summed E-state index contributed by atoms with van der Waals surface area (Å²) in [6.45, 7) is 4.67. The number of aryl methyl sites for hydroxylation is 1. The zero-order valence-corrected chi connectivity index (χ0v) is 19.1. The average Bonchev–Trinajstić information content (AvgIpc) is 3.15. The van der Waals surface area contributed by atoms with Gasteiger partial charge >= 0.3 is 0 Å². The zero-order valence-electron chi connectivity index (χ0n) is 18.3. The van der Waals surface area contributed by atoms with Crippen LogP contribution in [0.3, 0.4) is 0 Å². The first kappa shape index (κ1) is 22.4. The molecule has 0 spiro atoms. The molecule has 3 heterocycles. The van der Waals surface area contributed by atoms with E-state index in [9.17, 15) is 4.39 Å². The lowest BCUT2D eigenvalue weighted by Gasteiger charge is -2.22. The molecule has 0 aliphatic carbocycles. The van der Waals surface area contributed by atoms with Crippen LogP contribution in [0, 0.1) is 12.7 Å². The van der Waals surface area contributed by atoms with Crippen molar-refractivity contribution >= 4 is 17.9 Å². The zero-order chi connectivity index (χ0) is 22.7. The topological polar surface area (TPSA) is 96.2 Å². The van der Waals surface area contributed by atoms with Crippen LogP contribution in [0.25, 0.3) is 11.4 Å². The van der Waals surface area contributed by atoms with Gasteiger partial charge in [0.1, 0.15) is 24.3 Å². The summed E-state index contributed by atoms with van der Waals surface area (Å²) in [5, 5.41) is 8.59. The summed E-state index contributed by atoms with van der Waals surface area (Å²) < 4.78 is 36.1. The summed E-state index contributed by atoms with van der Waals surface area (Å²) in [6.07, 6.45) is 3.21. The van der Waals surface area contributed by atoms with Gasteiger partial charge in [-0.2, -0.15) is 0 Å². The predicted octanol–water partition coefficient (Wildman–Crippen LogP) is 3.60. The van der Waals surface area contributed by atoms with Crippen molar-refractivity contribution in [2.45, 2.75) is 31.2 Å². The molecule has 1 N–H and O–H groups in total. The third-order valence-corrected chi connectivity index (χ3v) is 6.02. The fraction of sp³-hybridized carbons (Fsp3) is 0.429. The Morgan fingerprint density at radius 1 is 1.28 bits per heavy atom. The Balaban J connectivity index is 1.59. The number of fused-ring (bicyclic) bond motifs is 3. The number of rotatable bonds is 8. The average molecular weight is 461 g/mol. The van der Waals surface area contributed by atoms with E-state index >= 15 is 0 Å². The van der Waals surface area contributed by atoms with Crippen molar-refractivity contribution in [3.05, 3.63) is 47.8 Å². The van der Waals surface area contributed by atoms with Crippen LogP contribution in [0.4, 0.5) is 10.3 Å². The SMILES string of the molecule is COCC1COc2ccc(F)cc2-c2nnc(NSC(C)C(OC)c3ncc(C)cn3)n21. The third-order valence-electron chi connectivity index (χ3n) is 5.11. The molecule has 3 aromatic rings. The number of halogens is 1. The maximum Gasteiger partial charge on any atom is 0.235 e. The van der Waals surface area contributed by atoms with E-state index in [1.54, 1.807) is 32.7 Å². The molecule has 0 amide bonds. The van der Waals surface area contributed by atoms with Gasteiger partial charge in [0.15, 0.2) is 11.6 Å². The van der Waals surface area contributed by atoms with E-state index in [0.717, 1.165) is 5.56 Å². The molecule has 0 saturated heterocycles. The van der Waals surface area contributed by atoms with Crippen LogP contribution in [-0.4, -0.2) is 57.4 Å². The Hall–Kier alpha value is -2.76. The first-order valence-corrected chi connectivity index (χ1v) is 11.0. The molecule has 9 nitrogen and oxygen atoms in total. The van der Waals surface area contributed by atoms with Gasteiger partial charge in [0.2, 0.25) is 5.95 Å². The Bertz CT molecular complexity index is 1060. The molecule has 32 heavy (non-hydrogen) atoms. The predicted molar refractivity (Wildman–Crippen MR) is 119 cm³/mol. The first-order chi connectivity index (χ1) is 15.5. The maximum atomic E-state index is 14.0. The molecule has 0 bridgehead atoms. The number of nitrogens with one attached hydrogen (secondary N) is 1. The molecule has 0 fully saturated rings. The number of benzene rings is 1. The van der Waals surface area contributed by atoms with Gasteiger partial charge in [-0.3, -0.25) is 9.29 Å². The summed E-state index contributed by atoms with van der Waals surface area (Å²) in [4.78, 5) is 8.78. The number of hydrogen-bond donors (Lipinski definition) is 1. The van der Waals surface area contributed by atoms with E-state index < -0.39 is 0 Å². The molecule has 0 radical (unpaired) electrons. The Labute approximate surface area is 189 Å². The minimum atomic E-state index is -0.370. The highest BCUT2D eigenvalue weighted by atomic mass is 32.2. The van der Waals surface area contributed by atoms with E-state index in [1.807, 2.05) is 18.4 Å². The minimum Gasteiger partial charge on any atom is -0.491 e. The quantitative estimate of drug-likeness (QED) is 0.506. The van der Waals surface area contributed by atoms with Gasteiger partial charge in [-0.25, -0.2) is 14.4 Å². The van der Waals surface area contributed by atoms with Crippen LogP contribution in [0.5, 0.6) is 5.75 Å².